The van der Waals surface area contributed by atoms with Crippen LogP contribution in [0.4, 0.5) is 15.8 Å². The fourth-order valence-electron chi connectivity index (χ4n) is 5.46. The van der Waals surface area contributed by atoms with Gasteiger partial charge in [-0.3, -0.25) is 4.90 Å². The molecule has 0 saturated carbocycles. The molecule has 4 atom stereocenters. The third-order valence-corrected chi connectivity index (χ3v) is 7.64. The van der Waals surface area contributed by atoms with Crippen molar-refractivity contribution in [3.05, 3.63) is 71.9 Å². The number of aryl methyl sites for hydroxylation is 1. The molecule has 3 aliphatic heterocycles. The standard InChI is InChI=1S/C28H33FN6S/c1-18-31-26(19-4-10-23(11-5-19)34(2)3)15-27(32-18)25-17-35-13-12-20(25)14-24(35)16-30-28(36)33-22-8-6-21(29)7-9-22/h4-11,15,20,24-25H,12-14,16-17H2,1-3H3,(H2,30,33,36). The van der Waals surface area contributed by atoms with E-state index in [1.54, 1.807) is 12.1 Å². The van der Waals surface area contributed by atoms with Gasteiger partial charge in [-0.25, -0.2) is 14.4 Å². The van der Waals surface area contributed by atoms with Crippen molar-refractivity contribution >= 4 is 28.7 Å². The van der Waals surface area contributed by atoms with Crippen molar-refractivity contribution in [1.82, 2.24) is 20.2 Å². The van der Waals surface area contributed by atoms with Crippen LogP contribution in [0.2, 0.25) is 0 Å². The minimum Gasteiger partial charge on any atom is -0.378 e. The average molecular weight is 505 g/mol. The number of nitrogens with one attached hydrogen (secondary N) is 2. The Morgan fingerprint density at radius 2 is 1.86 bits per heavy atom. The number of benzene rings is 2. The fourth-order valence-corrected chi connectivity index (χ4v) is 5.66. The summed E-state index contributed by atoms with van der Waals surface area (Å²) in [5.74, 6) is 1.58. The molecule has 0 amide bonds. The summed E-state index contributed by atoms with van der Waals surface area (Å²) in [6.45, 7) is 4.89. The van der Waals surface area contributed by atoms with Crippen LogP contribution in [-0.4, -0.2) is 59.8 Å². The zero-order valence-corrected chi connectivity index (χ0v) is 21.9. The predicted molar refractivity (Wildman–Crippen MR) is 148 cm³/mol. The Morgan fingerprint density at radius 3 is 2.53 bits per heavy atom. The molecule has 6 rings (SSSR count). The van der Waals surface area contributed by atoms with Gasteiger partial charge in [0, 0.05) is 61.8 Å². The molecule has 3 aliphatic rings. The van der Waals surface area contributed by atoms with Gasteiger partial charge in [-0.15, -0.1) is 0 Å². The summed E-state index contributed by atoms with van der Waals surface area (Å²) >= 11 is 5.47. The van der Waals surface area contributed by atoms with Crippen LogP contribution < -0.4 is 15.5 Å². The molecular weight excluding hydrogens is 471 g/mol. The van der Waals surface area contributed by atoms with Crippen LogP contribution in [0.15, 0.2) is 54.6 Å². The van der Waals surface area contributed by atoms with Gasteiger partial charge in [0.1, 0.15) is 11.6 Å². The Labute approximate surface area is 217 Å². The second-order valence-corrected chi connectivity index (χ2v) is 10.5. The summed E-state index contributed by atoms with van der Waals surface area (Å²) in [5, 5.41) is 7.07. The van der Waals surface area contributed by atoms with Crippen LogP contribution in [0.1, 0.15) is 30.3 Å². The number of aromatic nitrogens is 2. The molecule has 1 aromatic heterocycles. The maximum absolute atomic E-state index is 13.1. The SMILES string of the molecule is Cc1nc(-c2ccc(N(C)C)cc2)cc(C2CN3CCC2CC3CNC(=S)Nc2ccc(F)cc2)n1. The number of thiocarbonyl (C=S) groups is 1. The molecule has 36 heavy (non-hydrogen) atoms. The van der Waals surface area contributed by atoms with E-state index in [1.807, 2.05) is 21.0 Å². The van der Waals surface area contributed by atoms with Gasteiger partial charge in [-0.05, 0) is 86.9 Å². The number of fused-ring (bicyclic) bond motifs is 3. The van der Waals surface area contributed by atoms with Crippen molar-refractivity contribution in [1.29, 1.82) is 0 Å². The minimum absolute atomic E-state index is 0.256. The largest absolute Gasteiger partial charge is 0.378 e. The number of rotatable bonds is 6. The number of nitrogens with zero attached hydrogens (tertiary/aromatic N) is 4. The van der Waals surface area contributed by atoms with Gasteiger partial charge in [-0.2, -0.15) is 0 Å². The van der Waals surface area contributed by atoms with Gasteiger partial charge in [0.25, 0.3) is 0 Å². The lowest BCUT2D eigenvalue weighted by Gasteiger charge is -2.49. The van der Waals surface area contributed by atoms with Gasteiger partial charge in [-0.1, -0.05) is 12.1 Å². The first-order chi connectivity index (χ1) is 17.4. The lowest BCUT2D eigenvalue weighted by atomic mass is 9.74. The van der Waals surface area contributed by atoms with E-state index in [1.165, 1.54) is 24.2 Å². The highest BCUT2D eigenvalue weighted by atomic mass is 32.1. The highest BCUT2D eigenvalue weighted by molar-refractivity contribution is 7.80. The molecule has 0 aliphatic carbocycles. The van der Waals surface area contributed by atoms with E-state index in [0.717, 1.165) is 54.5 Å². The highest BCUT2D eigenvalue weighted by Gasteiger charge is 2.41. The van der Waals surface area contributed by atoms with E-state index in [0.29, 0.717) is 23.0 Å². The molecule has 2 aromatic carbocycles. The van der Waals surface area contributed by atoms with E-state index >= 15 is 0 Å². The number of piperidine rings is 3. The topological polar surface area (TPSA) is 56.3 Å². The Morgan fingerprint density at radius 1 is 1.11 bits per heavy atom. The Hall–Kier alpha value is -3.10. The predicted octanol–water partition coefficient (Wildman–Crippen LogP) is 4.82. The van der Waals surface area contributed by atoms with Gasteiger partial charge >= 0.3 is 0 Å². The van der Waals surface area contributed by atoms with Crippen LogP contribution in [0, 0.1) is 18.7 Å². The van der Waals surface area contributed by atoms with Crippen LogP contribution >= 0.6 is 12.2 Å². The molecule has 0 spiro atoms. The molecule has 188 valence electrons. The van der Waals surface area contributed by atoms with Crippen molar-refractivity contribution in [2.75, 3.05) is 43.9 Å². The smallest absolute Gasteiger partial charge is 0.170 e. The minimum atomic E-state index is -0.256. The second-order valence-electron chi connectivity index (χ2n) is 10.0. The van der Waals surface area contributed by atoms with Crippen molar-refractivity contribution in [3.63, 3.8) is 0 Å². The normalized spacial score (nSPS) is 22.8. The first-order valence-electron chi connectivity index (χ1n) is 12.5. The number of hydrogen-bond donors (Lipinski definition) is 2. The molecule has 8 heteroatoms. The van der Waals surface area contributed by atoms with E-state index in [-0.39, 0.29) is 5.82 Å². The van der Waals surface area contributed by atoms with Crippen LogP contribution in [-0.2, 0) is 0 Å². The maximum Gasteiger partial charge on any atom is 0.170 e. The highest BCUT2D eigenvalue weighted by Crippen LogP contribution is 2.41. The van der Waals surface area contributed by atoms with Crippen molar-refractivity contribution < 1.29 is 4.39 Å². The van der Waals surface area contributed by atoms with E-state index in [4.69, 9.17) is 22.2 Å². The monoisotopic (exact) mass is 504 g/mol. The maximum atomic E-state index is 13.1. The van der Waals surface area contributed by atoms with Crippen LogP contribution in [0.5, 0.6) is 0 Å². The summed E-state index contributed by atoms with van der Waals surface area (Å²) in [6.07, 6.45) is 2.31. The summed E-state index contributed by atoms with van der Waals surface area (Å²) in [6, 6.07) is 17.4. The van der Waals surface area contributed by atoms with Crippen LogP contribution in [0.3, 0.4) is 0 Å². The molecule has 3 saturated heterocycles. The fraction of sp³-hybridized carbons (Fsp3) is 0.393. The zero-order valence-electron chi connectivity index (χ0n) is 21.0. The summed E-state index contributed by atoms with van der Waals surface area (Å²) < 4.78 is 13.1. The molecule has 3 fully saturated rings. The summed E-state index contributed by atoms with van der Waals surface area (Å²) in [4.78, 5) is 14.3. The third kappa shape index (κ3) is 5.50. The number of anilines is 2. The van der Waals surface area contributed by atoms with E-state index in [9.17, 15) is 4.39 Å². The van der Waals surface area contributed by atoms with Crippen molar-refractivity contribution in [3.8, 4) is 11.3 Å². The molecule has 4 heterocycles. The second kappa shape index (κ2) is 10.5. The third-order valence-electron chi connectivity index (χ3n) is 7.40. The molecule has 4 unspecified atom stereocenters. The van der Waals surface area contributed by atoms with Gasteiger partial charge in [0.15, 0.2) is 5.11 Å². The summed E-state index contributed by atoms with van der Waals surface area (Å²) in [7, 11) is 4.10. The molecule has 2 bridgehead atoms. The lowest BCUT2D eigenvalue weighted by molar-refractivity contribution is 0.0314. The number of hydrogen-bond acceptors (Lipinski definition) is 5. The van der Waals surface area contributed by atoms with Crippen LogP contribution in [0.25, 0.3) is 11.3 Å². The molecule has 3 aromatic rings. The van der Waals surface area contributed by atoms with E-state index in [2.05, 4.69) is 50.8 Å². The Kier molecular flexibility index (Phi) is 7.16. The molecule has 2 N–H and O–H groups in total. The van der Waals surface area contributed by atoms with Gasteiger partial charge < -0.3 is 15.5 Å². The van der Waals surface area contributed by atoms with E-state index < -0.39 is 0 Å². The molecule has 0 radical (unpaired) electrons. The first kappa shape index (κ1) is 24.6. The van der Waals surface area contributed by atoms with Gasteiger partial charge in [0.2, 0.25) is 0 Å². The molecular formula is C28H33FN6S. The Balaban J connectivity index is 1.23. The van der Waals surface area contributed by atoms with Crippen molar-refractivity contribution in [2.24, 2.45) is 5.92 Å². The van der Waals surface area contributed by atoms with Gasteiger partial charge in [0.05, 0.1) is 5.69 Å². The average Bonchev–Trinajstić information content (AvgIpc) is 2.89. The zero-order chi connectivity index (χ0) is 25.2. The quantitative estimate of drug-likeness (QED) is 0.467. The number of halogens is 1. The summed E-state index contributed by atoms with van der Waals surface area (Å²) in [5.41, 5.74) is 5.23. The lowest BCUT2D eigenvalue weighted by Crippen LogP contribution is -2.56. The molecule has 6 nitrogen and oxygen atoms in total. The first-order valence-corrected chi connectivity index (χ1v) is 12.9. The van der Waals surface area contributed by atoms with Crippen molar-refractivity contribution in [2.45, 2.75) is 31.7 Å². The Bertz CT molecular complexity index is 1210.